The molecule has 0 radical (unpaired) electrons. The van der Waals surface area contributed by atoms with Crippen LogP contribution in [0.15, 0.2) is 35.7 Å². The van der Waals surface area contributed by atoms with E-state index in [0.717, 1.165) is 0 Å². The second-order valence-electron chi connectivity index (χ2n) is 5.31. The van der Waals surface area contributed by atoms with E-state index in [4.69, 9.17) is 4.74 Å². The van der Waals surface area contributed by atoms with Gasteiger partial charge in [-0.2, -0.15) is 21.0 Å². The highest BCUT2D eigenvalue weighted by atomic mass is 16.5. The Bertz CT molecular complexity index is 810. The lowest BCUT2D eigenvalue weighted by Gasteiger charge is -2.47. The maximum Gasteiger partial charge on any atom is 0.338 e. The molecule has 2 aliphatic heterocycles. The van der Waals surface area contributed by atoms with Gasteiger partial charge in [-0.05, 0) is 19.9 Å². The molecule has 0 spiro atoms. The van der Waals surface area contributed by atoms with Crippen LogP contribution in [0.2, 0.25) is 0 Å². The topological polar surface area (TPSA) is 125 Å². The number of ether oxygens (including phenoxy) is 1. The summed E-state index contributed by atoms with van der Waals surface area (Å²) >= 11 is 0. The van der Waals surface area contributed by atoms with Crippen molar-refractivity contribution in [2.24, 2.45) is 10.8 Å². The zero-order chi connectivity index (χ0) is 18.0. The predicted molar refractivity (Wildman–Crippen MR) is 80.6 cm³/mol. The van der Waals surface area contributed by atoms with Crippen molar-refractivity contribution in [2.75, 3.05) is 6.61 Å². The van der Waals surface area contributed by atoms with E-state index >= 15 is 0 Å². The van der Waals surface area contributed by atoms with Crippen molar-refractivity contribution >= 4 is 5.97 Å². The van der Waals surface area contributed by atoms with E-state index in [1.807, 2.05) is 12.1 Å². The molecule has 0 amide bonds. The molecule has 0 N–H and O–H groups in total. The maximum absolute atomic E-state index is 12.4. The monoisotopic (exact) mass is 319 g/mol. The van der Waals surface area contributed by atoms with Crippen LogP contribution >= 0.6 is 0 Å². The third kappa shape index (κ3) is 1.89. The Labute approximate surface area is 139 Å². The molecule has 2 aliphatic rings. The highest BCUT2D eigenvalue weighted by Gasteiger charge is 2.66. The van der Waals surface area contributed by atoms with Crippen molar-refractivity contribution in [1.82, 2.24) is 4.90 Å². The van der Waals surface area contributed by atoms with Crippen LogP contribution in [0.5, 0.6) is 0 Å². The van der Waals surface area contributed by atoms with E-state index in [1.165, 1.54) is 6.20 Å². The number of fused-ring (bicyclic) bond motifs is 1. The van der Waals surface area contributed by atoms with Crippen molar-refractivity contribution < 1.29 is 9.53 Å². The van der Waals surface area contributed by atoms with Crippen LogP contribution in [-0.4, -0.2) is 23.5 Å². The van der Waals surface area contributed by atoms with Gasteiger partial charge in [-0.25, -0.2) is 4.79 Å². The number of nitrogens with zero attached hydrogens (tertiary/aromatic N) is 5. The number of esters is 1. The third-order valence-electron chi connectivity index (χ3n) is 4.23. The number of carbonyl (C=O) groups is 1. The molecule has 0 aromatic rings. The summed E-state index contributed by atoms with van der Waals surface area (Å²) in [5, 5.41) is 38.9. The van der Waals surface area contributed by atoms with Crippen LogP contribution < -0.4 is 0 Å². The molecule has 0 saturated heterocycles. The number of hydrogen-bond acceptors (Lipinski definition) is 7. The summed E-state index contributed by atoms with van der Waals surface area (Å²) in [4.78, 5) is 13.9. The number of hydrogen-bond donors (Lipinski definition) is 0. The van der Waals surface area contributed by atoms with Crippen LogP contribution in [0.25, 0.3) is 0 Å². The molecule has 2 heterocycles. The summed E-state index contributed by atoms with van der Waals surface area (Å²) in [7, 11) is 0. The average molecular weight is 319 g/mol. The highest BCUT2D eigenvalue weighted by molar-refractivity contribution is 5.93. The van der Waals surface area contributed by atoms with E-state index in [-0.39, 0.29) is 12.2 Å². The summed E-state index contributed by atoms with van der Waals surface area (Å²) in [5.41, 5.74) is -3.98. The van der Waals surface area contributed by atoms with Crippen molar-refractivity contribution in [2.45, 2.75) is 19.9 Å². The molecule has 2 rings (SSSR count). The quantitative estimate of drug-likeness (QED) is 0.708. The van der Waals surface area contributed by atoms with E-state index < -0.39 is 22.8 Å². The molecule has 0 aromatic heterocycles. The van der Waals surface area contributed by atoms with E-state index in [9.17, 15) is 25.8 Å². The zero-order valence-corrected chi connectivity index (χ0v) is 13.1. The van der Waals surface area contributed by atoms with Gasteiger partial charge in [0.05, 0.1) is 42.5 Å². The van der Waals surface area contributed by atoms with E-state index in [0.29, 0.717) is 5.70 Å². The average Bonchev–Trinajstić information content (AvgIpc) is 2.60. The number of nitriles is 4. The summed E-state index contributed by atoms with van der Waals surface area (Å²) in [5.74, 6) is -0.892. The largest absolute Gasteiger partial charge is 0.463 e. The van der Waals surface area contributed by atoms with Gasteiger partial charge >= 0.3 is 5.97 Å². The van der Waals surface area contributed by atoms with E-state index in [1.54, 1.807) is 49.1 Å². The van der Waals surface area contributed by atoms with Crippen LogP contribution in [0, 0.1) is 56.2 Å². The van der Waals surface area contributed by atoms with Crippen molar-refractivity contribution in [3.63, 3.8) is 0 Å². The van der Waals surface area contributed by atoms with Crippen molar-refractivity contribution in [3.8, 4) is 24.3 Å². The van der Waals surface area contributed by atoms with Crippen molar-refractivity contribution in [3.05, 3.63) is 35.7 Å². The number of carbonyl (C=O) groups excluding carboxylic acids is 1. The molecule has 0 aliphatic carbocycles. The molecule has 1 atom stereocenters. The highest BCUT2D eigenvalue weighted by Crippen LogP contribution is 2.53. The molecule has 0 fully saturated rings. The SMILES string of the molecule is CCOC(=O)C1=CN2C(C)=CC=CC2C(C#N)(C#N)C1(C#N)C#N. The van der Waals surface area contributed by atoms with Gasteiger partial charge in [-0.3, -0.25) is 0 Å². The van der Waals surface area contributed by atoms with Gasteiger partial charge in [0.15, 0.2) is 0 Å². The second kappa shape index (κ2) is 5.92. The summed E-state index contributed by atoms with van der Waals surface area (Å²) in [6, 6.07) is 6.28. The molecular formula is C17H13N5O2. The summed E-state index contributed by atoms with van der Waals surface area (Å²) in [6.07, 6.45) is 6.29. The normalized spacial score (nSPS) is 22.4. The van der Waals surface area contributed by atoms with Crippen molar-refractivity contribution in [1.29, 1.82) is 21.0 Å². The van der Waals surface area contributed by atoms with Gasteiger partial charge in [0.25, 0.3) is 0 Å². The molecule has 24 heavy (non-hydrogen) atoms. The lowest BCUT2D eigenvalue weighted by molar-refractivity contribution is -0.140. The minimum atomic E-state index is -2.26. The zero-order valence-electron chi connectivity index (χ0n) is 13.1. The standard InChI is InChI=1S/C17H13N5O2/c1-3-24-15(23)13-7-22-12(2)5-4-6-14(22)17(10-20,11-21)16(13,8-18)9-19/h4-7,14H,3H2,1-2H3. The lowest BCUT2D eigenvalue weighted by Crippen LogP contribution is -2.58. The van der Waals surface area contributed by atoms with Crippen LogP contribution in [0.4, 0.5) is 0 Å². The molecule has 0 saturated carbocycles. The number of allylic oxidation sites excluding steroid dienone is 3. The van der Waals surface area contributed by atoms with Crippen LogP contribution in [-0.2, 0) is 9.53 Å². The first kappa shape index (κ1) is 16.8. The Kier molecular flexibility index (Phi) is 4.15. The Balaban J connectivity index is 2.87. The minimum absolute atomic E-state index is 0.0351. The Hall–Kier alpha value is -3.55. The van der Waals surface area contributed by atoms with E-state index in [2.05, 4.69) is 0 Å². The van der Waals surface area contributed by atoms with Gasteiger partial charge in [-0.1, -0.05) is 12.2 Å². The second-order valence-corrected chi connectivity index (χ2v) is 5.31. The van der Waals surface area contributed by atoms with Gasteiger partial charge in [0, 0.05) is 11.9 Å². The van der Waals surface area contributed by atoms with Gasteiger partial charge < -0.3 is 9.64 Å². The fourth-order valence-corrected chi connectivity index (χ4v) is 2.96. The molecule has 7 heteroatoms. The summed E-state index contributed by atoms with van der Waals surface area (Å²) in [6.45, 7) is 3.36. The first-order valence-corrected chi connectivity index (χ1v) is 7.15. The fourth-order valence-electron chi connectivity index (χ4n) is 2.96. The molecule has 118 valence electrons. The molecule has 1 unspecified atom stereocenters. The summed E-state index contributed by atoms with van der Waals surface area (Å²) < 4.78 is 4.95. The molecule has 0 bridgehead atoms. The predicted octanol–water partition coefficient (Wildman–Crippen LogP) is 1.66. The Morgan fingerprint density at radius 1 is 1.25 bits per heavy atom. The lowest BCUT2D eigenvalue weighted by atomic mass is 9.56. The third-order valence-corrected chi connectivity index (χ3v) is 4.23. The minimum Gasteiger partial charge on any atom is -0.463 e. The fraction of sp³-hybridized carbons (Fsp3) is 0.353. The Morgan fingerprint density at radius 3 is 2.38 bits per heavy atom. The van der Waals surface area contributed by atoms with Gasteiger partial charge in [-0.15, -0.1) is 0 Å². The molecular weight excluding hydrogens is 306 g/mol. The van der Waals surface area contributed by atoms with Gasteiger partial charge in [0.2, 0.25) is 10.8 Å². The van der Waals surface area contributed by atoms with Gasteiger partial charge in [0.1, 0.15) is 0 Å². The first-order chi connectivity index (χ1) is 11.5. The first-order valence-electron chi connectivity index (χ1n) is 7.15. The number of rotatable bonds is 2. The van der Waals surface area contributed by atoms with Crippen LogP contribution in [0.1, 0.15) is 13.8 Å². The van der Waals surface area contributed by atoms with Crippen LogP contribution in [0.3, 0.4) is 0 Å². The molecule has 0 aromatic carbocycles. The Morgan fingerprint density at radius 2 is 1.88 bits per heavy atom. The maximum atomic E-state index is 12.4. The molecule has 7 nitrogen and oxygen atoms in total. The smallest absolute Gasteiger partial charge is 0.338 e.